The number of carbonyl (C=O) groups excluding carboxylic acids is 1. The number of thiazole rings is 1. The largest absolute Gasteiger partial charge is 0.353 e. The van der Waals surface area contributed by atoms with Gasteiger partial charge in [-0.1, -0.05) is 20.8 Å². The van der Waals surface area contributed by atoms with Crippen LogP contribution >= 0.6 is 11.3 Å². The Balaban J connectivity index is 1.86. The summed E-state index contributed by atoms with van der Waals surface area (Å²) in [6.07, 6.45) is 2.45. The predicted octanol–water partition coefficient (Wildman–Crippen LogP) is 1.85. The molecule has 0 unspecified atom stereocenters. The highest BCUT2D eigenvalue weighted by molar-refractivity contribution is 7.09. The number of nitrogens with one attached hydrogen (secondary N) is 2. The molecule has 1 amide bonds. The number of hydrogen-bond donors (Lipinski definition) is 2. The Morgan fingerprint density at radius 1 is 1.47 bits per heavy atom. The number of rotatable bonds is 3. The van der Waals surface area contributed by atoms with Gasteiger partial charge in [0.25, 0.3) is 0 Å². The second-order valence-electron chi connectivity index (χ2n) is 6.16. The molecule has 4 nitrogen and oxygen atoms in total. The van der Waals surface area contributed by atoms with Gasteiger partial charge < -0.3 is 10.6 Å². The van der Waals surface area contributed by atoms with Crippen LogP contribution in [0.2, 0.25) is 0 Å². The minimum Gasteiger partial charge on any atom is -0.353 e. The molecule has 106 valence electrons. The van der Waals surface area contributed by atoms with Crippen LogP contribution < -0.4 is 10.6 Å². The average molecular weight is 281 g/mol. The lowest BCUT2D eigenvalue weighted by molar-refractivity contribution is -0.121. The molecule has 0 saturated carbocycles. The predicted molar refractivity (Wildman–Crippen MR) is 78.6 cm³/mol. The van der Waals surface area contributed by atoms with Crippen LogP contribution in [-0.4, -0.2) is 30.0 Å². The average Bonchev–Trinajstić information content (AvgIpc) is 2.78. The van der Waals surface area contributed by atoms with Crippen LogP contribution in [0.4, 0.5) is 0 Å². The molecule has 2 N–H and O–H groups in total. The fourth-order valence-corrected chi connectivity index (χ4v) is 3.05. The maximum Gasteiger partial charge on any atom is 0.226 e. The lowest BCUT2D eigenvalue weighted by atomic mass is 9.98. The molecule has 1 aliphatic heterocycles. The van der Waals surface area contributed by atoms with E-state index < -0.39 is 0 Å². The van der Waals surface area contributed by atoms with E-state index in [-0.39, 0.29) is 11.3 Å². The van der Waals surface area contributed by atoms with Gasteiger partial charge in [0.2, 0.25) is 5.91 Å². The van der Waals surface area contributed by atoms with Crippen molar-refractivity contribution in [2.45, 2.75) is 51.5 Å². The lowest BCUT2D eigenvalue weighted by Gasteiger charge is -2.23. The molecule has 1 saturated heterocycles. The number of amides is 1. The van der Waals surface area contributed by atoms with Crippen molar-refractivity contribution >= 4 is 17.2 Å². The zero-order valence-electron chi connectivity index (χ0n) is 12.0. The van der Waals surface area contributed by atoms with Gasteiger partial charge in [-0.05, 0) is 25.9 Å². The van der Waals surface area contributed by atoms with Crippen molar-refractivity contribution in [1.82, 2.24) is 15.6 Å². The summed E-state index contributed by atoms with van der Waals surface area (Å²) in [4.78, 5) is 16.5. The number of aromatic nitrogens is 1. The third kappa shape index (κ3) is 4.28. The van der Waals surface area contributed by atoms with Crippen LogP contribution in [0.15, 0.2) is 5.38 Å². The van der Waals surface area contributed by atoms with E-state index in [1.807, 2.05) is 5.38 Å². The molecule has 0 atom stereocenters. The van der Waals surface area contributed by atoms with Gasteiger partial charge in [0.1, 0.15) is 0 Å². The van der Waals surface area contributed by atoms with E-state index in [2.05, 4.69) is 36.4 Å². The van der Waals surface area contributed by atoms with Gasteiger partial charge in [0.05, 0.1) is 17.1 Å². The van der Waals surface area contributed by atoms with Crippen molar-refractivity contribution in [1.29, 1.82) is 0 Å². The molecule has 1 fully saturated rings. The molecule has 0 radical (unpaired) electrons. The molecule has 0 bridgehead atoms. The highest BCUT2D eigenvalue weighted by Gasteiger charge is 2.20. The summed E-state index contributed by atoms with van der Waals surface area (Å²) < 4.78 is 0. The molecule has 1 aromatic heterocycles. The molecule has 19 heavy (non-hydrogen) atoms. The van der Waals surface area contributed by atoms with Crippen LogP contribution in [0.25, 0.3) is 0 Å². The van der Waals surface area contributed by atoms with Crippen LogP contribution in [0.5, 0.6) is 0 Å². The van der Waals surface area contributed by atoms with E-state index in [0.29, 0.717) is 12.5 Å². The summed E-state index contributed by atoms with van der Waals surface area (Å²) in [7, 11) is 0. The first-order valence-corrected chi connectivity index (χ1v) is 7.78. The number of hydrogen-bond acceptors (Lipinski definition) is 4. The third-order valence-corrected chi connectivity index (χ3v) is 4.56. The maximum absolute atomic E-state index is 12.0. The Morgan fingerprint density at radius 3 is 2.74 bits per heavy atom. The van der Waals surface area contributed by atoms with Gasteiger partial charge >= 0.3 is 0 Å². The van der Waals surface area contributed by atoms with Crippen LogP contribution in [0.3, 0.4) is 0 Å². The lowest BCUT2D eigenvalue weighted by Crippen LogP contribution is -2.43. The van der Waals surface area contributed by atoms with Crippen molar-refractivity contribution in [2.24, 2.45) is 0 Å². The Bertz CT molecular complexity index is 430. The molecular weight excluding hydrogens is 258 g/mol. The highest BCUT2D eigenvalue weighted by Crippen LogP contribution is 2.25. The molecule has 2 rings (SSSR count). The Labute approximate surface area is 119 Å². The van der Waals surface area contributed by atoms with Gasteiger partial charge in [-0.25, -0.2) is 4.98 Å². The normalized spacial score (nSPS) is 17.4. The number of piperidine rings is 1. The first-order chi connectivity index (χ1) is 8.95. The third-order valence-electron chi connectivity index (χ3n) is 3.24. The van der Waals surface area contributed by atoms with Crippen LogP contribution in [0, 0.1) is 0 Å². The van der Waals surface area contributed by atoms with Crippen molar-refractivity contribution in [2.75, 3.05) is 13.1 Å². The van der Waals surface area contributed by atoms with Crippen molar-refractivity contribution in [3.05, 3.63) is 16.1 Å². The first kappa shape index (κ1) is 14.5. The first-order valence-electron chi connectivity index (χ1n) is 6.90. The Kier molecular flexibility index (Phi) is 4.58. The molecule has 0 aromatic carbocycles. The Hall–Kier alpha value is -0.940. The van der Waals surface area contributed by atoms with Gasteiger partial charge in [-0.2, -0.15) is 0 Å². The summed E-state index contributed by atoms with van der Waals surface area (Å²) in [5.74, 6) is 0.0951. The van der Waals surface area contributed by atoms with E-state index in [1.165, 1.54) is 0 Å². The second kappa shape index (κ2) is 6.01. The summed E-state index contributed by atoms with van der Waals surface area (Å²) in [6, 6.07) is 0.328. The highest BCUT2D eigenvalue weighted by atomic mass is 32.1. The van der Waals surface area contributed by atoms with E-state index in [0.717, 1.165) is 36.6 Å². The summed E-state index contributed by atoms with van der Waals surface area (Å²) >= 11 is 1.64. The summed E-state index contributed by atoms with van der Waals surface area (Å²) in [5.41, 5.74) is 0.954. The Morgan fingerprint density at radius 2 is 2.16 bits per heavy atom. The quantitative estimate of drug-likeness (QED) is 0.889. The number of nitrogens with zero attached hydrogens (tertiary/aromatic N) is 1. The van der Waals surface area contributed by atoms with Gasteiger partial charge in [0.15, 0.2) is 0 Å². The van der Waals surface area contributed by atoms with Crippen molar-refractivity contribution in [3.63, 3.8) is 0 Å². The minimum absolute atomic E-state index is 0.0639. The van der Waals surface area contributed by atoms with Gasteiger partial charge in [0, 0.05) is 16.8 Å². The van der Waals surface area contributed by atoms with Gasteiger partial charge in [-0.3, -0.25) is 4.79 Å². The molecule has 1 aliphatic rings. The monoisotopic (exact) mass is 281 g/mol. The van der Waals surface area contributed by atoms with Crippen molar-refractivity contribution in [3.8, 4) is 0 Å². The summed E-state index contributed by atoms with van der Waals surface area (Å²) in [6.45, 7) is 8.42. The van der Waals surface area contributed by atoms with E-state index in [9.17, 15) is 4.79 Å². The standard InChI is InChI=1S/C14H23N3OS/c1-14(2,3)13-17-11(9-19-13)8-12(18)16-10-4-6-15-7-5-10/h9-10,15H,4-8H2,1-3H3,(H,16,18). The molecule has 2 heterocycles. The topological polar surface area (TPSA) is 54.0 Å². The number of carbonyl (C=O) groups is 1. The molecular formula is C14H23N3OS. The summed E-state index contributed by atoms with van der Waals surface area (Å²) in [5, 5.41) is 9.49. The molecule has 5 heteroatoms. The zero-order valence-corrected chi connectivity index (χ0v) is 12.8. The molecule has 0 spiro atoms. The van der Waals surface area contributed by atoms with Crippen LogP contribution in [0.1, 0.15) is 44.3 Å². The SMILES string of the molecule is CC(C)(C)c1nc(CC(=O)NC2CCNCC2)cs1. The fourth-order valence-electron chi connectivity index (χ4n) is 2.14. The van der Waals surface area contributed by atoms with Crippen molar-refractivity contribution < 1.29 is 4.79 Å². The second-order valence-corrected chi connectivity index (χ2v) is 7.02. The van der Waals surface area contributed by atoms with E-state index in [4.69, 9.17) is 0 Å². The smallest absolute Gasteiger partial charge is 0.226 e. The molecule has 0 aliphatic carbocycles. The minimum atomic E-state index is 0.0639. The van der Waals surface area contributed by atoms with Crippen LogP contribution in [-0.2, 0) is 16.6 Å². The molecule has 1 aromatic rings. The van der Waals surface area contributed by atoms with Gasteiger partial charge in [-0.15, -0.1) is 11.3 Å². The zero-order chi connectivity index (χ0) is 13.9. The van der Waals surface area contributed by atoms with E-state index in [1.54, 1.807) is 11.3 Å². The maximum atomic E-state index is 12.0. The van der Waals surface area contributed by atoms with E-state index >= 15 is 0 Å². The fraction of sp³-hybridized carbons (Fsp3) is 0.714.